The van der Waals surface area contributed by atoms with E-state index in [0.29, 0.717) is 11.4 Å². The summed E-state index contributed by atoms with van der Waals surface area (Å²) in [6, 6.07) is 14.5. The molecule has 3 heteroatoms. The molecule has 0 saturated heterocycles. The molecule has 0 amide bonds. The van der Waals surface area contributed by atoms with Gasteiger partial charge in [0.2, 0.25) is 0 Å². The molecule has 0 saturated carbocycles. The molecule has 2 rings (SSSR count). The highest BCUT2D eigenvalue weighted by atomic mass is 16.5. The molecule has 0 spiro atoms. The highest BCUT2D eigenvalue weighted by molar-refractivity contribution is 5.69. The Bertz CT molecular complexity index is 648. The average Bonchev–Trinajstić information content (AvgIpc) is 2.39. The van der Waals surface area contributed by atoms with E-state index >= 15 is 0 Å². The van der Waals surface area contributed by atoms with Crippen LogP contribution in [-0.4, -0.2) is 5.97 Å². The van der Waals surface area contributed by atoms with E-state index in [2.05, 4.69) is 11.8 Å². The molecule has 0 bridgehead atoms. The second-order valence-corrected chi connectivity index (χ2v) is 3.96. The number of esters is 1. The average molecular weight is 251 g/mol. The maximum absolute atomic E-state index is 10.8. The first-order valence-corrected chi connectivity index (χ1v) is 5.80. The highest BCUT2D eigenvalue weighted by Crippen LogP contribution is 2.12. The fourth-order valence-corrected chi connectivity index (χ4v) is 1.52. The van der Waals surface area contributed by atoms with Crippen LogP contribution in [0.5, 0.6) is 5.75 Å². The minimum atomic E-state index is -0.337. The molecule has 2 N–H and O–H groups in total. The SMILES string of the molecule is CC(=O)Oc1ccc(C#Cc2ccccc2N)cc1. The van der Waals surface area contributed by atoms with Gasteiger partial charge in [0.05, 0.1) is 0 Å². The van der Waals surface area contributed by atoms with Crippen LogP contribution in [0.25, 0.3) is 0 Å². The number of carbonyl (C=O) groups is 1. The maximum atomic E-state index is 10.8. The molecule has 0 radical (unpaired) electrons. The molecule has 0 aliphatic rings. The van der Waals surface area contributed by atoms with Gasteiger partial charge in [-0.2, -0.15) is 0 Å². The van der Waals surface area contributed by atoms with Crippen molar-refractivity contribution in [3.8, 4) is 17.6 Å². The van der Waals surface area contributed by atoms with Crippen LogP contribution >= 0.6 is 0 Å². The second kappa shape index (κ2) is 5.74. The summed E-state index contributed by atoms with van der Waals surface area (Å²) in [5.74, 6) is 6.19. The maximum Gasteiger partial charge on any atom is 0.308 e. The topological polar surface area (TPSA) is 52.3 Å². The summed E-state index contributed by atoms with van der Waals surface area (Å²) in [6.45, 7) is 1.37. The van der Waals surface area contributed by atoms with Gasteiger partial charge in [0.15, 0.2) is 0 Å². The first-order chi connectivity index (χ1) is 9.15. The van der Waals surface area contributed by atoms with Gasteiger partial charge >= 0.3 is 5.97 Å². The van der Waals surface area contributed by atoms with E-state index in [0.717, 1.165) is 11.1 Å². The summed E-state index contributed by atoms with van der Waals surface area (Å²) in [5.41, 5.74) is 8.09. The van der Waals surface area contributed by atoms with Gasteiger partial charge in [-0.05, 0) is 36.4 Å². The summed E-state index contributed by atoms with van der Waals surface area (Å²) in [7, 11) is 0. The normalized spacial score (nSPS) is 9.32. The lowest BCUT2D eigenvalue weighted by Gasteiger charge is -2.00. The minimum absolute atomic E-state index is 0.337. The first kappa shape index (κ1) is 12.7. The van der Waals surface area contributed by atoms with Crippen molar-refractivity contribution in [3.63, 3.8) is 0 Å². The summed E-state index contributed by atoms with van der Waals surface area (Å²) < 4.78 is 4.94. The lowest BCUT2D eigenvalue weighted by Crippen LogP contribution is -2.00. The molecule has 0 aliphatic heterocycles. The predicted molar refractivity (Wildman–Crippen MR) is 74.6 cm³/mol. The molecule has 0 heterocycles. The first-order valence-electron chi connectivity index (χ1n) is 5.80. The van der Waals surface area contributed by atoms with E-state index in [-0.39, 0.29) is 5.97 Å². The van der Waals surface area contributed by atoms with E-state index in [9.17, 15) is 4.79 Å². The van der Waals surface area contributed by atoms with E-state index in [4.69, 9.17) is 10.5 Å². The van der Waals surface area contributed by atoms with Gasteiger partial charge in [0, 0.05) is 23.7 Å². The molecule has 2 aromatic rings. The van der Waals surface area contributed by atoms with Crippen LogP contribution in [0.3, 0.4) is 0 Å². The van der Waals surface area contributed by atoms with Crippen molar-refractivity contribution >= 4 is 11.7 Å². The Hall–Kier alpha value is -2.73. The lowest BCUT2D eigenvalue weighted by molar-refractivity contribution is -0.131. The Morgan fingerprint density at radius 2 is 1.74 bits per heavy atom. The van der Waals surface area contributed by atoms with E-state index < -0.39 is 0 Å². The number of ether oxygens (including phenoxy) is 1. The summed E-state index contributed by atoms with van der Waals surface area (Å²) in [6.07, 6.45) is 0. The van der Waals surface area contributed by atoms with Gasteiger partial charge in [0.25, 0.3) is 0 Å². The third-order valence-corrected chi connectivity index (χ3v) is 2.42. The molecular weight excluding hydrogens is 238 g/mol. The van der Waals surface area contributed by atoms with Crippen molar-refractivity contribution in [3.05, 3.63) is 59.7 Å². The Kier molecular flexibility index (Phi) is 3.84. The smallest absolute Gasteiger partial charge is 0.308 e. The van der Waals surface area contributed by atoms with Crippen LogP contribution in [0, 0.1) is 11.8 Å². The Labute approximate surface area is 112 Å². The van der Waals surface area contributed by atoms with E-state index in [1.54, 1.807) is 24.3 Å². The zero-order valence-corrected chi connectivity index (χ0v) is 10.5. The van der Waals surface area contributed by atoms with Crippen molar-refractivity contribution < 1.29 is 9.53 Å². The zero-order chi connectivity index (χ0) is 13.7. The Balaban J connectivity index is 2.17. The molecule has 0 aromatic heterocycles. The van der Waals surface area contributed by atoms with Crippen molar-refractivity contribution in [2.75, 3.05) is 5.73 Å². The largest absolute Gasteiger partial charge is 0.427 e. The van der Waals surface area contributed by atoms with Crippen LogP contribution in [-0.2, 0) is 4.79 Å². The number of hydrogen-bond acceptors (Lipinski definition) is 3. The van der Waals surface area contributed by atoms with Crippen molar-refractivity contribution in [2.45, 2.75) is 6.92 Å². The van der Waals surface area contributed by atoms with Crippen molar-refractivity contribution in [2.24, 2.45) is 0 Å². The van der Waals surface area contributed by atoms with E-state index in [1.807, 2.05) is 24.3 Å². The molecule has 0 fully saturated rings. The number of hydrogen-bond donors (Lipinski definition) is 1. The predicted octanol–water partition coefficient (Wildman–Crippen LogP) is 2.59. The third kappa shape index (κ3) is 3.62. The van der Waals surface area contributed by atoms with Crippen LogP contribution in [0.4, 0.5) is 5.69 Å². The molecular formula is C16H13NO2. The Morgan fingerprint density at radius 3 is 2.37 bits per heavy atom. The Morgan fingerprint density at radius 1 is 1.05 bits per heavy atom. The molecule has 0 atom stereocenters. The fraction of sp³-hybridized carbons (Fsp3) is 0.0625. The van der Waals surface area contributed by atoms with E-state index in [1.165, 1.54) is 6.92 Å². The number of carbonyl (C=O) groups excluding carboxylic acids is 1. The van der Waals surface area contributed by atoms with Crippen molar-refractivity contribution in [1.82, 2.24) is 0 Å². The number of benzene rings is 2. The van der Waals surface area contributed by atoms with Crippen LogP contribution < -0.4 is 10.5 Å². The third-order valence-electron chi connectivity index (χ3n) is 2.42. The molecule has 0 unspecified atom stereocenters. The number of rotatable bonds is 1. The van der Waals surface area contributed by atoms with Gasteiger partial charge in [-0.25, -0.2) is 0 Å². The van der Waals surface area contributed by atoms with Crippen LogP contribution in [0.15, 0.2) is 48.5 Å². The van der Waals surface area contributed by atoms with Gasteiger partial charge in [0.1, 0.15) is 5.75 Å². The summed E-state index contributed by atoms with van der Waals surface area (Å²) in [4.78, 5) is 10.8. The van der Waals surface area contributed by atoms with Gasteiger partial charge in [-0.3, -0.25) is 4.79 Å². The molecule has 0 aliphatic carbocycles. The monoisotopic (exact) mass is 251 g/mol. The number of anilines is 1. The lowest BCUT2D eigenvalue weighted by atomic mass is 10.1. The summed E-state index contributed by atoms with van der Waals surface area (Å²) >= 11 is 0. The van der Waals surface area contributed by atoms with Gasteiger partial charge in [-0.15, -0.1) is 0 Å². The van der Waals surface area contributed by atoms with Gasteiger partial charge in [-0.1, -0.05) is 24.0 Å². The quantitative estimate of drug-likeness (QED) is 0.367. The standard InChI is InChI=1S/C16H13NO2/c1-12(18)19-15-10-7-13(8-11-15)6-9-14-4-2-3-5-16(14)17/h2-5,7-8,10-11H,17H2,1H3. The van der Waals surface area contributed by atoms with Crippen LogP contribution in [0.1, 0.15) is 18.1 Å². The molecule has 94 valence electrons. The fourth-order valence-electron chi connectivity index (χ4n) is 1.52. The number of nitrogens with two attached hydrogens (primary N) is 1. The van der Waals surface area contributed by atoms with Crippen LogP contribution in [0.2, 0.25) is 0 Å². The van der Waals surface area contributed by atoms with Gasteiger partial charge < -0.3 is 10.5 Å². The zero-order valence-electron chi connectivity index (χ0n) is 10.5. The minimum Gasteiger partial charge on any atom is -0.427 e. The highest BCUT2D eigenvalue weighted by Gasteiger charge is 1.97. The summed E-state index contributed by atoms with van der Waals surface area (Å²) in [5, 5.41) is 0. The number of para-hydroxylation sites is 1. The molecule has 19 heavy (non-hydrogen) atoms. The molecule has 3 nitrogen and oxygen atoms in total. The van der Waals surface area contributed by atoms with Crippen molar-refractivity contribution in [1.29, 1.82) is 0 Å². The number of nitrogen functional groups attached to an aromatic ring is 1. The second-order valence-electron chi connectivity index (χ2n) is 3.96. The molecule has 2 aromatic carbocycles.